The van der Waals surface area contributed by atoms with Crippen LogP contribution in [0.1, 0.15) is 12.0 Å². The lowest BCUT2D eigenvalue weighted by molar-refractivity contribution is -0.121. The number of amides is 1. The van der Waals surface area contributed by atoms with Crippen molar-refractivity contribution in [2.24, 2.45) is 5.92 Å². The standard InChI is InChI=1S/C21H24N2O4S/c24-21(5-10-28-17-1-2-19-20(12-17)27-9-8-26-19)23-18-14-25-13-16(18)11-15-3-6-22-7-4-15/h1-4,6-7,12,16,18H,5,8-11,13-14H2,(H,23,24)/t16-,18-/m1/s1. The Labute approximate surface area is 169 Å². The van der Waals surface area contributed by atoms with Crippen LogP contribution in [0.4, 0.5) is 0 Å². The predicted octanol–water partition coefficient (Wildman–Crippen LogP) is 2.71. The number of pyridine rings is 1. The summed E-state index contributed by atoms with van der Waals surface area (Å²) < 4.78 is 16.7. The van der Waals surface area contributed by atoms with E-state index in [-0.39, 0.29) is 11.9 Å². The molecular formula is C21H24N2O4S. The van der Waals surface area contributed by atoms with Gasteiger partial charge >= 0.3 is 0 Å². The van der Waals surface area contributed by atoms with E-state index in [0.717, 1.165) is 22.8 Å². The lowest BCUT2D eigenvalue weighted by Crippen LogP contribution is -2.40. The van der Waals surface area contributed by atoms with E-state index in [9.17, 15) is 4.79 Å². The van der Waals surface area contributed by atoms with Gasteiger partial charge in [0.2, 0.25) is 5.91 Å². The van der Waals surface area contributed by atoms with Crippen molar-refractivity contribution in [1.29, 1.82) is 0 Å². The minimum Gasteiger partial charge on any atom is -0.486 e. The number of thioether (sulfide) groups is 1. The summed E-state index contributed by atoms with van der Waals surface area (Å²) in [5.74, 6) is 2.66. The first-order valence-corrected chi connectivity index (χ1v) is 10.5. The maximum absolute atomic E-state index is 12.4. The van der Waals surface area contributed by atoms with Gasteiger partial charge in [0.1, 0.15) is 13.2 Å². The molecule has 4 rings (SSSR count). The molecule has 2 aliphatic rings. The van der Waals surface area contributed by atoms with Crippen LogP contribution in [-0.2, 0) is 16.0 Å². The van der Waals surface area contributed by atoms with E-state index in [1.807, 2.05) is 30.3 Å². The Morgan fingerprint density at radius 3 is 2.79 bits per heavy atom. The number of fused-ring (bicyclic) bond motifs is 1. The molecule has 6 nitrogen and oxygen atoms in total. The second-order valence-corrected chi connectivity index (χ2v) is 8.10. The summed E-state index contributed by atoms with van der Waals surface area (Å²) >= 11 is 1.65. The summed E-state index contributed by atoms with van der Waals surface area (Å²) in [6.07, 6.45) is 4.96. The van der Waals surface area contributed by atoms with Crippen molar-refractivity contribution in [3.05, 3.63) is 48.3 Å². The van der Waals surface area contributed by atoms with Crippen LogP contribution in [0.15, 0.2) is 47.6 Å². The average molecular weight is 401 g/mol. The van der Waals surface area contributed by atoms with Crippen LogP contribution in [0.25, 0.3) is 0 Å². The van der Waals surface area contributed by atoms with Crippen LogP contribution in [-0.4, -0.2) is 49.1 Å². The van der Waals surface area contributed by atoms with E-state index in [2.05, 4.69) is 10.3 Å². The molecule has 1 fully saturated rings. The van der Waals surface area contributed by atoms with Gasteiger partial charge in [-0.15, -0.1) is 11.8 Å². The maximum Gasteiger partial charge on any atom is 0.221 e. The van der Waals surface area contributed by atoms with E-state index in [4.69, 9.17) is 14.2 Å². The van der Waals surface area contributed by atoms with Crippen molar-refractivity contribution in [3.8, 4) is 11.5 Å². The Kier molecular flexibility index (Phi) is 6.34. The average Bonchev–Trinajstić information content (AvgIpc) is 3.15. The van der Waals surface area contributed by atoms with Crippen LogP contribution in [0, 0.1) is 5.92 Å². The van der Waals surface area contributed by atoms with E-state index >= 15 is 0 Å². The number of aromatic nitrogens is 1. The number of hydrogen-bond donors (Lipinski definition) is 1. The molecule has 0 unspecified atom stereocenters. The van der Waals surface area contributed by atoms with Crippen molar-refractivity contribution in [1.82, 2.24) is 10.3 Å². The van der Waals surface area contributed by atoms with Crippen molar-refractivity contribution in [3.63, 3.8) is 0 Å². The molecule has 2 atom stereocenters. The second-order valence-electron chi connectivity index (χ2n) is 6.94. The van der Waals surface area contributed by atoms with Gasteiger partial charge in [0, 0.05) is 35.4 Å². The summed E-state index contributed by atoms with van der Waals surface area (Å²) in [6, 6.07) is 10.0. The predicted molar refractivity (Wildman–Crippen MR) is 107 cm³/mol. The Hall–Kier alpha value is -2.25. The molecule has 28 heavy (non-hydrogen) atoms. The minimum atomic E-state index is 0.0694. The molecule has 0 aliphatic carbocycles. The molecule has 3 heterocycles. The number of ether oxygens (including phenoxy) is 3. The third-order valence-corrected chi connectivity index (χ3v) is 5.90. The third kappa shape index (κ3) is 4.97. The molecule has 0 radical (unpaired) electrons. The molecule has 0 spiro atoms. The van der Waals surface area contributed by atoms with Gasteiger partial charge in [-0.1, -0.05) is 0 Å². The lowest BCUT2D eigenvalue weighted by atomic mass is 9.95. The molecule has 1 aromatic carbocycles. The fourth-order valence-corrected chi connectivity index (χ4v) is 4.31. The normalized spacial score (nSPS) is 20.7. The molecule has 7 heteroatoms. The fraction of sp³-hybridized carbons (Fsp3) is 0.429. The van der Waals surface area contributed by atoms with E-state index in [1.54, 1.807) is 24.2 Å². The van der Waals surface area contributed by atoms with E-state index < -0.39 is 0 Å². The molecule has 1 N–H and O–H groups in total. The molecule has 0 saturated carbocycles. The van der Waals surface area contributed by atoms with Crippen LogP contribution < -0.4 is 14.8 Å². The summed E-state index contributed by atoms with van der Waals surface area (Å²) in [5, 5.41) is 3.15. The number of carbonyl (C=O) groups excluding carboxylic acids is 1. The van der Waals surface area contributed by atoms with Gasteiger partial charge in [0.05, 0.1) is 19.3 Å². The molecule has 2 aromatic rings. The van der Waals surface area contributed by atoms with Gasteiger partial charge in [-0.05, 0) is 42.3 Å². The number of carbonyl (C=O) groups is 1. The highest BCUT2D eigenvalue weighted by Gasteiger charge is 2.29. The highest BCUT2D eigenvalue weighted by atomic mass is 32.2. The van der Waals surface area contributed by atoms with Crippen molar-refractivity contribution < 1.29 is 19.0 Å². The molecule has 1 amide bonds. The molecule has 1 saturated heterocycles. The Morgan fingerprint density at radius 2 is 1.93 bits per heavy atom. The van der Waals surface area contributed by atoms with Crippen LogP contribution in [0.5, 0.6) is 11.5 Å². The Bertz CT molecular complexity index is 802. The first-order valence-electron chi connectivity index (χ1n) is 9.56. The molecular weight excluding hydrogens is 376 g/mol. The number of rotatable bonds is 7. The minimum absolute atomic E-state index is 0.0694. The van der Waals surface area contributed by atoms with Crippen molar-refractivity contribution >= 4 is 17.7 Å². The van der Waals surface area contributed by atoms with Crippen molar-refractivity contribution in [2.75, 3.05) is 32.2 Å². The smallest absolute Gasteiger partial charge is 0.221 e. The van der Waals surface area contributed by atoms with Gasteiger partial charge in [-0.3, -0.25) is 9.78 Å². The Balaban J connectivity index is 1.23. The molecule has 148 valence electrons. The lowest BCUT2D eigenvalue weighted by Gasteiger charge is -2.19. The summed E-state index contributed by atoms with van der Waals surface area (Å²) in [5.41, 5.74) is 1.22. The topological polar surface area (TPSA) is 69.7 Å². The van der Waals surface area contributed by atoms with Crippen LogP contribution in [0.3, 0.4) is 0 Å². The number of benzene rings is 1. The zero-order chi connectivity index (χ0) is 19.2. The monoisotopic (exact) mass is 400 g/mol. The van der Waals surface area contributed by atoms with E-state index in [1.165, 1.54) is 5.56 Å². The number of nitrogens with one attached hydrogen (secondary N) is 1. The van der Waals surface area contributed by atoms with E-state index in [0.29, 0.717) is 44.5 Å². The molecule has 1 aromatic heterocycles. The van der Waals surface area contributed by atoms with Crippen LogP contribution in [0.2, 0.25) is 0 Å². The highest BCUT2D eigenvalue weighted by molar-refractivity contribution is 7.99. The summed E-state index contributed by atoms with van der Waals surface area (Å²) in [7, 11) is 0. The number of nitrogens with zero attached hydrogens (tertiary/aromatic N) is 1. The maximum atomic E-state index is 12.4. The second kappa shape index (κ2) is 9.30. The molecule has 0 bridgehead atoms. The SMILES string of the molecule is O=C(CCSc1ccc2c(c1)OCCO2)N[C@@H]1COC[C@H]1Cc1ccncc1. The van der Waals surface area contributed by atoms with Gasteiger partial charge in [-0.25, -0.2) is 0 Å². The van der Waals surface area contributed by atoms with Gasteiger partial charge < -0.3 is 19.5 Å². The highest BCUT2D eigenvalue weighted by Crippen LogP contribution is 2.34. The first-order chi connectivity index (χ1) is 13.8. The van der Waals surface area contributed by atoms with Crippen molar-refractivity contribution in [2.45, 2.75) is 23.8 Å². The van der Waals surface area contributed by atoms with Gasteiger partial charge in [-0.2, -0.15) is 0 Å². The first kappa shape index (κ1) is 19.1. The number of hydrogen-bond acceptors (Lipinski definition) is 6. The zero-order valence-electron chi connectivity index (χ0n) is 15.6. The quantitative estimate of drug-likeness (QED) is 0.721. The third-order valence-electron chi connectivity index (χ3n) is 4.90. The molecule has 2 aliphatic heterocycles. The van der Waals surface area contributed by atoms with Gasteiger partial charge in [0.15, 0.2) is 11.5 Å². The van der Waals surface area contributed by atoms with Crippen LogP contribution >= 0.6 is 11.8 Å². The zero-order valence-corrected chi connectivity index (χ0v) is 16.5. The Morgan fingerprint density at radius 1 is 1.11 bits per heavy atom. The summed E-state index contributed by atoms with van der Waals surface area (Å²) in [4.78, 5) is 17.5. The van der Waals surface area contributed by atoms with Gasteiger partial charge in [0.25, 0.3) is 0 Å². The fourth-order valence-electron chi connectivity index (χ4n) is 3.43. The summed E-state index contributed by atoms with van der Waals surface area (Å²) in [6.45, 7) is 2.43. The largest absolute Gasteiger partial charge is 0.486 e.